The van der Waals surface area contributed by atoms with Crippen LogP contribution in [0, 0.1) is 5.92 Å². The standard InChI is InChI=1S/C23H32N2O2/c1-25(15-18-5-4-12-27-18)11-10-23-9-3-2-6-19(23)21(25)14-16-7-8-17(22(24)26)13-20(16)23/h7-8,13,18-19,21H,2-6,9-12,14-15H2,1H3,(H-,24,26)/p+1/t18-,19?,21?,23?,25-/m0/s1. The maximum Gasteiger partial charge on any atom is 0.248 e. The second-order valence-corrected chi connectivity index (χ2v) is 9.79. The van der Waals surface area contributed by atoms with Gasteiger partial charge in [0.05, 0.1) is 19.6 Å². The summed E-state index contributed by atoms with van der Waals surface area (Å²) in [6, 6.07) is 7.00. The van der Waals surface area contributed by atoms with Gasteiger partial charge in [-0.2, -0.15) is 0 Å². The highest BCUT2D eigenvalue weighted by Crippen LogP contribution is 2.57. The fourth-order valence-electron chi connectivity index (χ4n) is 7.10. The first-order valence-corrected chi connectivity index (χ1v) is 10.9. The van der Waals surface area contributed by atoms with Gasteiger partial charge in [-0.15, -0.1) is 0 Å². The Morgan fingerprint density at radius 3 is 2.93 bits per heavy atom. The van der Waals surface area contributed by atoms with Gasteiger partial charge < -0.3 is 15.0 Å². The van der Waals surface area contributed by atoms with Gasteiger partial charge in [0.15, 0.2) is 0 Å². The summed E-state index contributed by atoms with van der Waals surface area (Å²) in [5.41, 5.74) is 9.51. The van der Waals surface area contributed by atoms with E-state index in [0.717, 1.165) is 18.9 Å². The summed E-state index contributed by atoms with van der Waals surface area (Å²) in [5.74, 6) is 0.445. The number of nitrogens with two attached hydrogens (primary N) is 1. The number of benzene rings is 1. The van der Waals surface area contributed by atoms with Crippen molar-refractivity contribution in [1.29, 1.82) is 0 Å². The number of likely N-dealkylation sites (tertiary alicyclic amines) is 1. The molecule has 0 radical (unpaired) electrons. The summed E-state index contributed by atoms with van der Waals surface area (Å²) in [5, 5.41) is 0. The zero-order valence-corrected chi connectivity index (χ0v) is 16.6. The molecule has 1 aromatic carbocycles. The molecule has 2 N–H and O–H groups in total. The van der Waals surface area contributed by atoms with Crippen molar-refractivity contribution in [1.82, 2.24) is 0 Å². The molecule has 3 fully saturated rings. The molecule has 146 valence electrons. The molecule has 4 heteroatoms. The number of piperidine rings is 1. The molecule has 3 unspecified atom stereocenters. The van der Waals surface area contributed by atoms with E-state index in [1.165, 1.54) is 73.6 Å². The summed E-state index contributed by atoms with van der Waals surface area (Å²) < 4.78 is 7.21. The predicted molar refractivity (Wildman–Crippen MR) is 106 cm³/mol. The van der Waals surface area contributed by atoms with Crippen molar-refractivity contribution < 1.29 is 14.0 Å². The highest BCUT2D eigenvalue weighted by atomic mass is 16.5. The number of carbonyl (C=O) groups is 1. The number of likely N-dealkylation sites (N-methyl/N-ethyl adjacent to an activating group) is 1. The van der Waals surface area contributed by atoms with Crippen LogP contribution in [0.15, 0.2) is 18.2 Å². The summed E-state index contributed by atoms with van der Waals surface area (Å²) in [7, 11) is 2.49. The van der Waals surface area contributed by atoms with Crippen LogP contribution < -0.4 is 5.73 Å². The quantitative estimate of drug-likeness (QED) is 0.832. The van der Waals surface area contributed by atoms with Crippen molar-refractivity contribution in [3.63, 3.8) is 0 Å². The summed E-state index contributed by atoms with van der Waals surface area (Å²) in [6.07, 6.45) is 10.6. The van der Waals surface area contributed by atoms with E-state index in [0.29, 0.717) is 17.7 Å². The Kier molecular flexibility index (Phi) is 4.14. The molecule has 2 heterocycles. The fraction of sp³-hybridized carbons (Fsp3) is 0.696. The van der Waals surface area contributed by atoms with E-state index in [2.05, 4.69) is 19.2 Å². The number of primary amides is 1. The van der Waals surface area contributed by atoms with Crippen molar-refractivity contribution in [3.8, 4) is 0 Å². The highest BCUT2D eigenvalue weighted by Gasteiger charge is 2.59. The predicted octanol–water partition coefficient (Wildman–Crippen LogP) is 3.17. The third-order valence-corrected chi connectivity index (χ3v) is 8.44. The second-order valence-electron chi connectivity index (χ2n) is 9.79. The minimum absolute atomic E-state index is 0.274. The van der Waals surface area contributed by atoms with Gasteiger partial charge in [0.25, 0.3) is 0 Å². The molecule has 2 bridgehead atoms. The number of fused-ring (bicyclic) bond motifs is 1. The van der Waals surface area contributed by atoms with Crippen molar-refractivity contribution in [2.24, 2.45) is 11.7 Å². The van der Waals surface area contributed by atoms with Gasteiger partial charge in [-0.05, 0) is 48.9 Å². The Balaban J connectivity index is 1.56. The van der Waals surface area contributed by atoms with Crippen LogP contribution in [0.1, 0.15) is 66.4 Å². The minimum Gasteiger partial charge on any atom is -0.372 e. The van der Waals surface area contributed by atoms with Gasteiger partial charge >= 0.3 is 0 Å². The molecule has 5 atom stereocenters. The van der Waals surface area contributed by atoms with E-state index in [1.54, 1.807) is 0 Å². The number of carbonyl (C=O) groups excluding carboxylic acids is 1. The summed E-state index contributed by atoms with van der Waals surface area (Å²) in [4.78, 5) is 11.8. The molecule has 0 spiro atoms. The topological polar surface area (TPSA) is 52.3 Å². The van der Waals surface area contributed by atoms with Crippen LogP contribution in [0.3, 0.4) is 0 Å². The third kappa shape index (κ3) is 2.67. The van der Waals surface area contributed by atoms with Gasteiger partial charge in [-0.3, -0.25) is 4.79 Å². The van der Waals surface area contributed by atoms with E-state index >= 15 is 0 Å². The van der Waals surface area contributed by atoms with E-state index in [1.807, 2.05) is 6.07 Å². The first kappa shape index (κ1) is 17.7. The van der Waals surface area contributed by atoms with Gasteiger partial charge in [0.1, 0.15) is 12.6 Å². The number of hydrogen-bond donors (Lipinski definition) is 1. The average molecular weight is 370 g/mol. The minimum atomic E-state index is -0.293. The molecule has 1 amide bonds. The number of ether oxygens (including phenoxy) is 1. The molecule has 2 aliphatic heterocycles. The van der Waals surface area contributed by atoms with Crippen molar-refractivity contribution in [3.05, 3.63) is 34.9 Å². The Labute approximate surface area is 162 Å². The molecule has 5 rings (SSSR count). The maximum atomic E-state index is 11.8. The summed E-state index contributed by atoms with van der Waals surface area (Å²) in [6.45, 7) is 3.36. The van der Waals surface area contributed by atoms with E-state index in [-0.39, 0.29) is 11.3 Å². The van der Waals surface area contributed by atoms with Gasteiger partial charge in [-0.1, -0.05) is 18.9 Å². The normalized spacial score (nSPS) is 40.3. The Morgan fingerprint density at radius 2 is 2.15 bits per heavy atom. The second kappa shape index (κ2) is 6.31. The molecule has 27 heavy (non-hydrogen) atoms. The molecular weight excluding hydrogens is 336 g/mol. The zero-order valence-electron chi connectivity index (χ0n) is 16.6. The lowest BCUT2D eigenvalue weighted by atomic mass is 9.51. The van der Waals surface area contributed by atoms with Crippen LogP contribution in [0.4, 0.5) is 0 Å². The van der Waals surface area contributed by atoms with Crippen molar-refractivity contribution in [2.75, 3.05) is 26.7 Å². The van der Waals surface area contributed by atoms with Crippen LogP contribution >= 0.6 is 0 Å². The first-order valence-electron chi connectivity index (χ1n) is 10.9. The Bertz CT molecular complexity index is 757. The van der Waals surface area contributed by atoms with E-state index in [4.69, 9.17) is 10.5 Å². The number of hydrogen-bond acceptors (Lipinski definition) is 2. The highest BCUT2D eigenvalue weighted by molar-refractivity contribution is 5.93. The Morgan fingerprint density at radius 1 is 1.26 bits per heavy atom. The number of amides is 1. The van der Waals surface area contributed by atoms with Crippen LogP contribution in [0.25, 0.3) is 0 Å². The molecule has 1 aromatic rings. The average Bonchev–Trinajstić information content (AvgIpc) is 3.17. The first-order chi connectivity index (χ1) is 13.0. The monoisotopic (exact) mass is 369 g/mol. The number of quaternary nitrogens is 1. The van der Waals surface area contributed by atoms with Crippen LogP contribution in [-0.4, -0.2) is 49.3 Å². The van der Waals surface area contributed by atoms with E-state index in [9.17, 15) is 4.79 Å². The van der Waals surface area contributed by atoms with E-state index < -0.39 is 0 Å². The molecular formula is C23H33N2O2+. The van der Waals surface area contributed by atoms with Gasteiger partial charge in [0.2, 0.25) is 5.91 Å². The van der Waals surface area contributed by atoms with Crippen LogP contribution in [0.2, 0.25) is 0 Å². The fourth-order valence-corrected chi connectivity index (χ4v) is 7.10. The zero-order chi connectivity index (χ0) is 18.6. The van der Waals surface area contributed by atoms with Crippen LogP contribution in [0.5, 0.6) is 0 Å². The van der Waals surface area contributed by atoms with Gasteiger partial charge in [0, 0.05) is 36.3 Å². The van der Waals surface area contributed by atoms with Crippen LogP contribution in [-0.2, 0) is 16.6 Å². The lowest BCUT2D eigenvalue weighted by Gasteiger charge is -2.61. The largest absolute Gasteiger partial charge is 0.372 e. The van der Waals surface area contributed by atoms with Gasteiger partial charge in [-0.25, -0.2) is 0 Å². The summed E-state index contributed by atoms with van der Waals surface area (Å²) >= 11 is 0. The smallest absolute Gasteiger partial charge is 0.248 e. The number of rotatable bonds is 3. The lowest BCUT2D eigenvalue weighted by Crippen LogP contribution is -2.69. The lowest BCUT2D eigenvalue weighted by molar-refractivity contribution is -0.947. The maximum absolute atomic E-state index is 11.8. The van der Waals surface area contributed by atoms with Crippen molar-refractivity contribution >= 4 is 5.91 Å². The van der Waals surface area contributed by atoms with Crippen molar-refractivity contribution in [2.45, 2.75) is 68.9 Å². The molecule has 2 saturated heterocycles. The molecule has 4 aliphatic rings. The molecule has 1 saturated carbocycles. The SMILES string of the molecule is C[N@@+]1(C[C@@H]2CCCO2)CCC23CCCCC2C1Cc1ccc(C(N)=O)cc13. The Hall–Kier alpha value is -1.39. The third-order valence-electron chi connectivity index (χ3n) is 8.44. The molecule has 4 nitrogen and oxygen atoms in total. The molecule has 0 aromatic heterocycles. The number of nitrogens with zero attached hydrogens (tertiary/aromatic N) is 1. The molecule has 2 aliphatic carbocycles.